The molecule has 1 aliphatic carbocycles. The third kappa shape index (κ3) is 3.56. The van der Waals surface area contributed by atoms with Crippen molar-refractivity contribution in [2.45, 2.75) is 40.2 Å². The van der Waals surface area contributed by atoms with Crippen LogP contribution in [0.3, 0.4) is 0 Å². The molecule has 1 saturated carbocycles. The van der Waals surface area contributed by atoms with Crippen molar-refractivity contribution in [3.8, 4) is 0 Å². The van der Waals surface area contributed by atoms with E-state index in [4.69, 9.17) is 9.52 Å². The molecular formula is C15H22N2O4. The third-order valence-corrected chi connectivity index (χ3v) is 4.34. The Morgan fingerprint density at radius 1 is 1.38 bits per heavy atom. The first-order chi connectivity index (χ1) is 9.84. The number of hydrogen-bond acceptors (Lipinski definition) is 3. The lowest BCUT2D eigenvalue weighted by Gasteiger charge is -2.20. The van der Waals surface area contributed by atoms with Crippen molar-refractivity contribution in [2.75, 3.05) is 6.54 Å². The second-order valence-electron chi connectivity index (χ2n) is 6.04. The average molecular weight is 294 g/mol. The molecule has 3 N–H and O–H groups in total. The van der Waals surface area contributed by atoms with E-state index in [0.29, 0.717) is 24.0 Å². The van der Waals surface area contributed by atoms with Crippen LogP contribution in [0.1, 0.15) is 48.6 Å². The number of aryl methyl sites for hydroxylation is 1. The molecule has 116 valence electrons. The van der Waals surface area contributed by atoms with Crippen molar-refractivity contribution in [3.63, 3.8) is 0 Å². The van der Waals surface area contributed by atoms with Crippen LogP contribution in [0.25, 0.3) is 0 Å². The van der Waals surface area contributed by atoms with Gasteiger partial charge in [0.15, 0.2) is 0 Å². The first-order valence-electron chi connectivity index (χ1n) is 7.18. The van der Waals surface area contributed by atoms with Gasteiger partial charge < -0.3 is 20.2 Å². The van der Waals surface area contributed by atoms with Gasteiger partial charge in [-0.25, -0.2) is 9.59 Å². The molecule has 0 saturated heterocycles. The zero-order valence-corrected chi connectivity index (χ0v) is 12.7. The normalized spacial score (nSPS) is 15.8. The zero-order chi connectivity index (χ0) is 15.6. The fraction of sp³-hybridized carbons (Fsp3) is 0.600. The Hall–Kier alpha value is -1.98. The molecule has 0 bridgehead atoms. The zero-order valence-electron chi connectivity index (χ0n) is 12.7. The topological polar surface area (TPSA) is 91.6 Å². The molecule has 0 unspecified atom stereocenters. The lowest BCUT2D eigenvalue weighted by atomic mass is 9.92. The van der Waals surface area contributed by atoms with Gasteiger partial charge in [0.25, 0.3) is 0 Å². The van der Waals surface area contributed by atoms with Gasteiger partial charge in [-0.3, -0.25) is 0 Å². The predicted octanol–water partition coefficient (Wildman–Crippen LogP) is 2.52. The van der Waals surface area contributed by atoms with Crippen molar-refractivity contribution in [3.05, 3.63) is 23.2 Å². The van der Waals surface area contributed by atoms with E-state index in [9.17, 15) is 9.59 Å². The fourth-order valence-electron chi connectivity index (χ4n) is 2.45. The largest absolute Gasteiger partial charge is 0.478 e. The minimum absolute atomic E-state index is 0.129. The standard InChI is InChI=1S/C15H22N2O4/c1-9(2)15(4-5-15)8-17-14(20)16-7-11-6-12(13(18)19)10(3)21-11/h6,9H,4-5,7-8H2,1-3H3,(H,18,19)(H2,16,17,20). The Bertz CT molecular complexity index is 544. The van der Waals surface area contributed by atoms with E-state index in [2.05, 4.69) is 24.5 Å². The molecule has 1 aliphatic rings. The fourth-order valence-corrected chi connectivity index (χ4v) is 2.45. The van der Waals surface area contributed by atoms with Crippen molar-refractivity contribution in [2.24, 2.45) is 11.3 Å². The lowest BCUT2D eigenvalue weighted by Crippen LogP contribution is -2.39. The average Bonchev–Trinajstić information content (AvgIpc) is 3.11. The highest BCUT2D eigenvalue weighted by Gasteiger charge is 2.45. The summed E-state index contributed by atoms with van der Waals surface area (Å²) in [6.45, 7) is 6.78. The number of amides is 2. The van der Waals surface area contributed by atoms with Gasteiger partial charge in [0.1, 0.15) is 17.1 Å². The molecule has 1 aromatic rings. The summed E-state index contributed by atoms with van der Waals surface area (Å²) in [6, 6.07) is 1.18. The maximum atomic E-state index is 11.8. The number of carboxylic acids is 1. The maximum Gasteiger partial charge on any atom is 0.339 e. The summed E-state index contributed by atoms with van der Waals surface area (Å²) >= 11 is 0. The Balaban J connectivity index is 1.79. The van der Waals surface area contributed by atoms with Crippen LogP contribution in [0.4, 0.5) is 4.79 Å². The van der Waals surface area contributed by atoms with Crippen LogP contribution in [0.2, 0.25) is 0 Å². The summed E-state index contributed by atoms with van der Waals surface area (Å²) in [5, 5.41) is 14.5. The molecule has 21 heavy (non-hydrogen) atoms. The Labute approximate surface area is 123 Å². The van der Waals surface area contributed by atoms with Gasteiger partial charge in [-0.2, -0.15) is 0 Å². The van der Waals surface area contributed by atoms with E-state index < -0.39 is 5.97 Å². The minimum atomic E-state index is -1.03. The van der Waals surface area contributed by atoms with Crippen LogP contribution in [-0.2, 0) is 6.54 Å². The van der Waals surface area contributed by atoms with E-state index in [1.165, 1.54) is 6.07 Å². The molecule has 2 rings (SSSR count). The van der Waals surface area contributed by atoms with Gasteiger partial charge in [0, 0.05) is 6.54 Å². The number of aromatic carboxylic acids is 1. The molecule has 6 nitrogen and oxygen atoms in total. The minimum Gasteiger partial charge on any atom is -0.478 e. The monoisotopic (exact) mass is 294 g/mol. The van der Waals surface area contributed by atoms with Gasteiger partial charge in [0.2, 0.25) is 0 Å². The highest BCUT2D eigenvalue weighted by Crippen LogP contribution is 2.51. The summed E-state index contributed by atoms with van der Waals surface area (Å²) in [4.78, 5) is 22.7. The Morgan fingerprint density at radius 2 is 2.05 bits per heavy atom. The smallest absolute Gasteiger partial charge is 0.339 e. The van der Waals surface area contributed by atoms with Gasteiger partial charge in [0.05, 0.1) is 6.54 Å². The summed E-state index contributed by atoms with van der Waals surface area (Å²) in [6.07, 6.45) is 2.31. The Morgan fingerprint density at radius 3 is 2.52 bits per heavy atom. The van der Waals surface area contributed by atoms with E-state index in [1.807, 2.05) is 0 Å². The van der Waals surface area contributed by atoms with Gasteiger partial charge in [-0.15, -0.1) is 0 Å². The quantitative estimate of drug-likeness (QED) is 0.751. The van der Waals surface area contributed by atoms with Gasteiger partial charge >= 0.3 is 12.0 Å². The molecule has 1 fully saturated rings. The molecule has 1 aromatic heterocycles. The van der Waals surface area contributed by atoms with Crippen LogP contribution >= 0.6 is 0 Å². The van der Waals surface area contributed by atoms with E-state index >= 15 is 0 Å². The van der Waals surface area contributed by atoms with Crippen LogP contribution in [0, 0.1) is 18.3 Å². The first kappa shape index (κ1) is 15.4. The SMILES string of the molecule is Cc1oc(CNC(=O)NCC2(C(C)C)CC2)cc1C(=O)O. The molecular weight excluding hydrogens is 272 g/mol. The van der Waals surface area contributed by atoms with Crippen molar-refractivity contribution < 1.29 is 19.1 Å². The second kappa shape index (κ2) is 5.79. The van der Waals surface area contributed by atoms with Crippen LogP contribution in [-0.4, -0.2) is 23.7 Å². The van der Waals surface area contributed by atoms with Gasteiger partial charge in [-0.1, -0.05) is 13.8 Å². The van der Waals surface area contributed by atoms with Crippen LogP contribution in [0.15, 0.2) is 10.5 Å². The molecule has 1 heterocycles. The van der Waals surface area contributed by atoms with Crippen molar-refractivity contribution >= 4 is 12.0 Å². The third-order valence-electron chi connectivity index (χ3n) is 4.34. The van der Waals surface area contributed by atoms with Crippen molar-refractivity contribution in [1.82, 2.24) is 10.6 Å². The molecule has 2 amide bonds. The van der Waals surface area contributed by atoms with E-state index in [-0.39, 0.29) is 23.6 Å². The van der Waals surface area contributed by atoms with Crippen LogP contribution < -0.4 is 10.6 Å². The lowest BCUT2D eigenvalue weighted by molar-refractivity contribution is 0.0695. The van der Waals surface area contributed by atoms with Gasteiger partial charge in [-0.05, 0) is 37.2 Å². The molecule has 6 heteroatoms. The summed E-state index contributed by atoms with van der Waals surface area (Å²) in [5.41, 5.74) is 0.388. The maximum absolute atomic E-state index is 11.8. The summed E-state index contributed by atoms with van der Waals surface area (Å²) < 4.78 is 5.30. The molecule has 0 aromatic carbocycles. The number of rotatable bonds is 6. The number of carbonyl (C=O) groups is 2. The number of hydrogen-bond donors (Lipinski definition) is 3. The second-order valence-corrected chi connectivity index (χ2v) is 6.04. The number of furan rings is 1. The number of urea groups is 1. The van der Waals surface area contributed by atoms with E-state index in [1.54, 1.807) is 6.92 Å². The predicted molar refractivity (Wildman–Crippen MR) is 77.1 cm³/mol. The first-order valence-corrected chi connectivity index (χ1v) is 7.18. The summed E-state index contributed by atoms with van der Waals surface area (Å²) in [5.74, 6) is 0.310. The highest BCUT2D eigenvalue weighted by molar-refractivity contribution is 5.88. The Kier molecular flexibility index (Phi) is 4.25. The van der Waals surface area contributed by atoms with Crippen LogP contribution in [0.5, 0.6) is 0 Å². The summed E-state index contributed by atoms with van der Waals surface area (Å²) in [7, 11) is 0. The molecule has 0 spiro atoms. The number of carbonyl (C=O) groups excluding carboxylic acids is 1. The highest BCUT2D eigenvalue weighted by atomic mass is 16.4. The van der Waals surface area contributed by atoms with E-state index in [0.717, 1.165) is 12.8 Å². The number of carboxylic acid groups (broad SMARTS) is 1. The number of nitrogens with one attached hydrogen (secondary N) is 2. The van der Waals surface area contributed by atoms with Crippen molar-refractivity contribution in [1.29, 1.82) is 0 Å². The molecule has 0 radical (unpaired) electrons. The molecule has 0 aliphatic heterocycles. The molecule has 0 atom stereocenters.